The molecular formula is C58H37N5. The number of rotatable bonds is 6. The van der Waals surface area contributed by atoms with Crippen LogP contribution in [0.3, 0.4) is 0 Å². The molecule has 4 aromatic heterocycles. The Labute approximate surface area is 363 Å². The minimum Gasteiger partial charge on any atom is -0.309 e. The summed E-state index contributed by atoms with van der Waals surface area (Å²) in [5, 5.41) is 7.18. The summed E-state index contributed by atoms with van der Waals surface area (Å²) in [6.45, 7) is 0. The smallest absolute Gasteiger partial charge is 0.160 e. The Morgan fingerprint density at radius 1 is 0.286 bits per heavy atom. The number of aromatic nitrogens is 5. The van der Waals surface area contributed by atoms with E-state index < -0.39 is 0 Å². The molecule has 5 nitrogen and oxygen atoms in total. The summed E-state index contributed by atoms with van der Waals surface area (Å²) in [7, 11) is 0. The van der Waals surface area contributed by atoms with Crippen LogP contribution in [-0.2, 0) is 0 Å². The van der Waals surface area contributed by atoms with Crippen LogP contribution < -0.4 is 0 Å². The molecular weight excluding hydrogens is 767 g/mol. The molecule has 63 heavy (non-hydrogen) atoms. The van der Waals surface area contributed by atoms with Crippen molar-refractivity contribution >= 4 is 65.4 Å². The van der Waals surface area contributed by atoms with Crippen LogP contribution in [0.4, 0.5) is 0 Å². The monoisotopic (exact) mass is 803 g/mol. The Bertz CT molecular complexity index is 3820. The van der Waals surface area contributed by atoms with Gasteiger partial charge in [0.1, 0.15) is 0 Å². The van der Waals surface area contributed by atoms with Crippen LogP contribution >= 0.6 is 0 Å². The quantitative estimate of drug-likeness (QED) is 0.168. The Kier molecular flexibility index (Phi) is 7.84. The van der Waals surface area contributed by atoms with Crippen molar-refractivity contribution < 1.29 is 0 Å². The lowest BCUT2D eigenvalue weighted by Gasteiger charge is -2.11. The first-order chi connectivity index (χ1) is 31.3. The van der Waals surface area contributed by atoms with E-state index in [2.05, 4.69) is 214 Å². The largest absolute Gasteiger partial charge is 0.309 e. The van der Waals surface area contributed by atoms with Gasteiger partial charge in [0.25, 0.3) is 0 Å². The summed E-state index contributed by atoms with van der Waals surface area (Å²) < 4.78 is 7.29. The summed E-state index contributed by atoms with van der Waals surface area (Å²) in [6, 6.07) is 80.2. The summed E-state index contributed by atoms with van der Waals surface area (Å²) in [5.74, 6) is 0.699. The van der Waals surface area contributed by atoms with E-state index in [1.165, 1.54) is 43.5 Å². The molecule has 0 saturated heterocycles. The molecule has 0 fully saturated rings. The van der Waals surface area contributed by atoms with Crippen molar-refractivity contribution in [3.8, 4) is 51.0 Å². The van der Waals surface area contributed by atoms with Gasteiger partial charge in [-0.3, -0.25) is 0 Å². The lowest BCUT2D eigenvalue weighted by atomic mass is 10.0. The molecule has 9 aromatic carbocycles. The van der Waals surface area contributed by atoms with E-state index in [9.17, 15) is 0 Å². The Hall–Kier alpha value is -8.54. The molecule has 0 saturated carbocycles. The zero-order valence-electron chi connectivity index (χ0n) is 34.1. The second-order valence-corrected chi connectivity index (χ2v) is 16.2. The highest BCUT2D eigenvalue weighted by Crippen LogP contribution is 2.45. The van der Waals surface area contributed by atoms with Crippen molar-refractivity contribution in [1.82, 2.24) is 23.7 Å². The highest BCUT2D eigenvalue weighted by Gasteiger charge is 2.24. The third kappa shape index (κ3) is 5.43. The average molecular weight is 804 g/mol. The second-order valence-electron chi connectivity index (χ2n) is 16.2. The van der Waals surface area contributed by atoms with Crippen LogP contribution in [0.1, 0.15) is 0 Å². The van der Waals surface area contributed by atoms with Crippen LogP contribution in [0.15, 0.2) is 224 Å². The maximum absolute atomic E-state index is 5.34. The number of para-hydroxylation sites is 4. The van der Waals surface area contributed by atoms with Gasteiger partial charge in [-0.1, -0.05) is 152 Å². The number of fused-ring (bicyclic) bond motifs is 10. The summed E-state index contributed by atoms with van der Waals surface area (Å²) in [5.41, 5.74) is 15.2. The molecule has 0 spiro atoms. The predicted molar refractivity (Wildman–Crippen MR) is 261 cm³/mol. The molecule has 0 aliphatic heterocycles. The molecule has 0 aliphatic rings. The fourth-order valence-corrected chi connectivity index (χ4v) is 9.96. The SMILES string of the molecule is c1ccc(-c2cc(-c3cccc4c3c3ccc5c(c6ccccc6n5-c5ccc6c(c5)c5ccccc5n6-c5ccccc5)c3n4-c3ccccc3)nc(-c3ccccc3)n2)cc1. The average Bonchev–Trinajstić information content (AvgIpc) is 4.00. The lowest BCUT2D eigenvalue weighted by molar-refractivity contribution is 1.16. The highest BCUT2D eigenvalue weighted by molar-refractivity contribution is 6.28. The molecule has 0 N–H and O–H groups in total. The van der Waals surface area contributed by atoms with E-state index in [1.807, 2.05) is 24.3 Å². The van der Waals surface area contributed by atoms with E-state index in [4.69, 9.17) is 9.97 Å². The number of hydrogen-bond donors (Lipinski definition) is 0. The topological polar surface area (TPSA) is 40.6 Å². The maximum Gasteiger partial charge on any atom is 0.160 e. The second kappa shape index (κ2) is 14.0. The standard InChI is InChI=1S/C58H37N5/c1-5-18-38(19-6-1)48-37-49(60-58(59-48)39-20-7-2-8-21-39)44-28-17-31-53-55(44)46-33-35-54-56(57(46)63(53)41-24-11-4-12-25-41)45-27-14-16-30-51(45)62(54)42-32-34-52-47(36-42)43-26-13-15-29-50(43)61(52)40-22-9-3-10-23-40/h1-37H. The van der Waals surface area contributed by atoms with Gasteiger partial charge in [0.05, 0.1) is 44.5 Å². The molecule has 13 aromatic rings. The van der Waals surface area contributed by atoms with E-state index >= 15 is 0 Å². The van der Waals surface area contributed by atoms with E-state index in [0.29, 0.717) is 5.82 Å². The summed E-state index contributed by atoms with van der Waals surface area (Å²) in [6.07, 6.45) is 0. The van der Waals surface area contributed by atoms with Crippen molar-refractivity contribution in [3.05, 3.63) is 224 Å². The number of hydrogen-bond acceptors (Lipinski definition) is 2. The zero-order valence-corrected chi connectivity index (χ0v) is 34.1. The number of nitrogens with zero attached hydrogens (tertiary/aromatic N) is 5. The number of benzene rings is 9. The first-order valence-corrected chi connectivity index (χ1v) is 21.4. The lowest BCUT2D eigenvalue weighted by Crippen LogP contribution is -1.96. The van der Waals surface area contributed by atoms with Crippen LogP contribution in [0, 0.1) is 0 Å². The van der Waals surface area contributed by atoms with Crippen molar-refractivity contribution in [1.29, 1.82) is 0 Å². The third-order valence-corrected chi connectivity index (χ3v) is 12.6. The Balaban J connectivity index is 1.11. The molecule has 0 bridgehead atoms. The zero-order chi connectivity index (χ0) is 41.4. The van der Waals surface area contributed by atoms with Crippen LogP contribution in [-0.4, -0.2) is 23.7 Å². The van der Waals surface area contributed by atoms with Crippen LogP contribution in [0.25, 0.3) is 116 Å². The molecule has 0 unspecified atom stereocenters. The molecule has 0 radical (unpaired) electrons. The fourth-order valence-electron chi connectivity index (χ4n) is 9.96. The van der Waals surface area contributed by atoms with Gasteiger partial charge < -0.3 is 13.7 Å². The van der Waals surface area contributed by atoms with Crippen LogP contribution in [0.5, 0.6) is 0 Å². The van der Waals surface area contributed by atoms with Crippen molar-refractivity contribution in [3.63, 3.8) is 0 Å². The van der Waals surface area contributed by atoms with Crippen LogP contribution in [0.2, 0.25) is 0 Å². The summed E-state index contributed by atoms with van der Waals surface area (Å²) in [4.78, 5) is 10.5. The molecule has 294 valence electrons. The van der Waals surface area contributed by atoms with E-state index in [-0.39, 0.29) is 0 Å². The third-order valence-electron chi connectivity index (χ3n) is 12.6. The summed E-state index contributed by atoms with van der Waals surface area (Å²) >= 11 is 0. The highest BCUT2D eigenvalue weighted by atomic mass is 15.0. The predicted octanol–water partition coefficient (Wildman–Crippen LogP) is 14.8. The van der Waals surface area contributed by atoms with E-state index in [0.717, 1.165) is 67.1 Å². The first kappa shape index (κ1) is 35.2. The minimum absolute atomic E-state index is 0.699. The molecule has 5 heteroatoms. The maximum atomic E-state index is 5.34. The Morgan fingerprint density at radius 2 is 0.810 bits per heavy atom. The van der Waals surface area contributed by atoms with E-state index in [1.54, 1.807) is 0 Å². The van der Waals surface area contributed by atoms with Gasteiger partial charge in [0.15, 0.2) is 5.82 Å². The molecule has 0 aliphatic carbocycles. The fraction of sp³-hybridized carbons (Fsp3) is 0. The van der Waals surface area contributed by atoms with Gasteiger partial charge in [-0.05, 0) is 72.8 Å². The molecule has 13 rings (SSSR count). The van der Waals surface area contributed by atoms with Gasteiger partial charge in [-0.2, -0.15) is 0 Å². The van der Waals surface area contributed by atoms with Crippen molar-refractivity contribution in [2.24, 2.45) is 0 Å². The first-order valence-electron chi connectivity index (χ1n) is 21.4. The van der Waals surface area contributed by atoms with Gasteiger partial charge in [0, 0.05) is 66.1 Å². The van der Waals surface area contributed by atoms with Gasteiger partial charge in [-0.25, -0.2) is 9.97 Å². The molecule has 4 heterocycles. The molecule has 0 amide bonds. The van der Waals surface area contributed by atoms with Crippen molar-refractivity contribution in [2.45, 2.75) is 0 Å². The van der Waals surface area contributed by atoms with Gasteiger partial charge >= 0.3 is 0 Å². The van der Waals surface area contributed by atoms with Crippen molar-refractivity contribution in [2.75, 3.05) is 0 Å². The Morgan fingerprint density at radius 3 is 1.54 bits per heavy atom. The van der Waals surface area contributed by atoms with Gasteiger partial charge in [-0.15, -0.1) is 0 Å². The molecule has 0 atom stereocenters. The normalized spacial score (nSPS) is 11.8. The minimum atomic E-state index is 0.699. The van der Waals surface area contributed by atoms with Gasteiger partial charge in [0.2, 0.25) is 0 Å².